The monoisotopic (exact) mass is 164 g/mol. The summed E-state index contributed by atoms with van der Waals surface area (Å²) in [6, 6.07) is 0.694. The van der Waals surface area contributed by atoms with Gasteiger partial charge in [0.15, 0.2) is 0 Å². The zero-order valence-electron chi connectivity index (χ0n) is 7.42. The van der Waals surface area contributed by atoms with Crippen molar-refractivity contribution in [1.82, 2.24) is 10.2 Å². The Bertz CT molecular complexity index is 195. The van der Waals surface area contributed by atoms with Gasteiger partial charge in [-0.25, -0.2) is 0 Å². The fraction of sp³-hybridized carbons (Fsp3) is 0.800. The Hall–Kier alpha value is -0.520. The minimum atomic E-state index is 0.694. The van der Waals surface area contributed by atoms with Gasteiger partial charge in [-0.3, -0.25) is 0 Å². The molecule has 0 aromatic rings. The number of fused-ring (bicyclic) bond motifs is 2. The van der Waals surface area contributed by atoms with Crippen LogP contribution < -0.4 is 5.32 Å². The third kappa shape index (κ3) is 1.48. The molecule has 2 saturated heterocycles. The van der Waals surface area contributed by atoms with E-state index < -0.39 is 0 Å². The molecule has 66 valence electrons. The van der Waals surface area contributed by atoms with Crippen molar-refractivity contribution in [1.29, 1.82) is 0 Å². The highest BCUT2D eigenvalue weighted by Crippen LogP contribution is 2.26. The van der Waals surface area contributed by atoms with Crippen molar-refractivity contribution in [3.05, 3.63) is 0 Å². The summed E-state index contributed by atoms with van der Waals surface area (Å²) in [4.78, 5) is 2.55. The molecule has 2 aliphatic rings. The number of terminal acetylenes is 1. The van der Waals surface area contributed by atoms with Crippen LogP contribution in [0.4, 0.5) is 0 Å². The van der Waals surface area contributed by atoms with E-state index in [1.54, 1.807) is 0 Å². The fourth-order valence-electron chi connectivity index (χ4n) is 2.41. The Morgan fingerprint density at radius 1 is 1.42 bits per heavy atom. The van der Waals surface area contributed by atoms with Crippen molar-refractivity contribution >= 4 is 0 Å². The largest absolute Gasteiger partial charge is 0.303 e. The Balaban J connectivity index is 1.86. The molecule has 0 saturated carbocycles. The Morgan fingerprint density at radius 2 is 2.25 bits per heavy atom. The first-order valence-electron chi connectivity index (χ1n) is 4.79. The summed E-state index contributed by atoms with van der Waals surface area (Å²) >= 11 is 0. The molecule has 1 N–H and O–H groups in total. The molecule has 0 radical (unpaired) electrons. The van der Waals surface area contributed by atoms with Gasteiger partial charge >= 0.3 is 0 Å². The first kappa shape index (κ1) is 8.10. The lowest BCUT2D eigenvalue weighted by atomic mass is 9.94. The van der Waals surface area contributed by atoms with E-state index in [9.17, 15) is 0 Å². The molecule has 2 aliphatic heterocycles. The standard InChI is InChI=1S/C10H16N2/c1-2-5-11-10-4-7-12-6-3-9(10)8-12/h1,9-11H,3-8H2. The summed E-state index contributed by atoms with van der Waals surface area (Å²) in [6.45, 7) is 4.60. The van der Waals surface area contributed by atoms with Crippen molar-refractivity contribution in [2.24, 2.45) is 5.92 Å². The minimum Gasteiger partial charge on any atom is -0.303 e. The molecule has 2 heterocycles. The molecule has 0 aliphatic carbocycles. The normalized spacial score (nSPS) is 39.4. The van der Waals surface area contributed by atoms with Crippen LogP contribution in [0, 0.1) is 18.3 Å². The molecule has 2 heteroatoms. The van der Waals surface area contributed by atoms with E-state index >= 15 is 0 Å². The number of nitrogens with zero attached hydrogens (tertiary/aromatic N) is 1. The SMILES string of the molecule is C#CCNC1CCN2CCC1C2. The number of piperidine rings is 1. The van der Waals surface area contributed by atoms with Crippen LogP contribution in [0.1, 0.15) is 12.8 Å². The van der Waals surface area contributed by atoms with Crippen LogP contribution in [0.2, 0.25) is 0 Å². The lowest BCUT2D eigenvalue weighted by Crippen LogP contribution is -2.43. The molecule has 0 aromatic carbocycles. The van der Waals surface area contributed by atoms with Gasteiger partial charge in [-0.15, -0.1) is 6.42 Å². The molecule has 3 unspecified atom stereocenters. The van der Waals surface area contributed by atoms with Gasteiger partial charge in [0.05, 0.1) is 6.54 Å². The molecular formula is C10H16N2. The lowest BCUT2D eigenvalue weighted by molar-refractivity contribution is 0.225. The summed E-state index contributed by atoms with van der Waals surface area (Å²) in [7, 11) is 0. The van der Waals surface area contributed by atoms with Gasteiger partial charge < -0.3 is 10.2 Å². The second-order valence-electron chi connectivity index (χ2n) is 3.83. The van der Waals surface area contributed by atoms with E-state index in [-0.39, 0.29) is 0 Å². The average Bonchev–Trinajstić information content (AvgIpc) is 2.48. The van der Waals surface area contributed by atoms with Crippen molar-refractivity contribution in [2.75, 3.05) is 26.2 Å². The van der Waals surface area contributed by atoms with Crippen molar-refractivity contribution in [2.45, 2.75) is 18.9 Å². The maximum absolute atomic E-state index is 5.22. The lowest BCUT2D eigenvalue weighted by Gasteiger charge is -2.30. The van der Waals surface area contributed by atoms with E-state index in [0.717, 1.165) is 12.5 Å². The minimum absolute atomic E-state index is 0.694. The van der Waals surface area contributed by atoms with Crippen LogP contribution in [0.3, 0.4) is 0 Å². The molecule has 2 rings (SSSR count). The number of rotatable bonds is 2. The highest BCUT2D eigenvalue weighted by atomic mass is 15.2. The van der Waals surface area contributed by atoms with Crippen LogP contribution >= 0.6 is 0 Å². The predicted molar refractivity (Wildman–Crippen MR) is 49.8 cm³/mol. The summed E-state index contributed by atoms with van der Waals surface area (Å²) in [5.74, 6) is 3.52. The van der Waals surface area contributed by atoms with Gasteiger partial charge in [0.1, 0.15) is 0 Å². The maximum Gasteiger partial charge on any atom is 0.0576 e. The van der Waals surface area contributed by atoms with Crippen LogP contribution in [0.25, 0.3) is 0 Å². The van der Waals surface area contributed by atoms with Crippen molar-refractivity contribution in [3.63, 3.8) is 0 Å². The van der Waals surface area contributed by atoms with Gasteiger partial charge in [-0.05, 0) is 31.8 Å². The van der Waals surface area contributed by atoms with Gasteiger partial charge in [-0.2, -0.15) is 0 Å². The molecular weight excluding hydrogens is 148 g/mol. The molecule has 12 heavy (non-hydrogen) atoms. The molecule has 0 spiro atoms. The Kier molecular flexibility index (Phi) is 2.34. The first-order chi connectivity index (χ1) is 5.90. The maximum atomic E-state index is 5.22. The van der Waals surface area contributed by atoms with Crippen LogP contribution in [-0.2, 0) is 0 Å². The van der Waals surface area contributed by atoms with E-state index in [0.29, 0.717) is 6.04 Å². The van der Waals surface area contributed by atoms with E-state index in [1.807, 2.05) is 0 Å². The zero-order chi connectivity index (χ0) is 8.39. The second-order valence-corrected chi connectivity index (χ2v) is 3.83. The van der Waals surface area contributed by atoms with Gasteiger partial charge in [0, 0.05) is 12.6 Å². The molecule has 0 aromatic heterocycles. The molecule has 2 nitrogen and oxygen atoms in total. The number of nitrogens with one attached hydrogen (secondary N) is 1. The highest BCUT2D eigenvalue weighted by molar-refractivity contribution is 4.94. The summed E-state index contributed by atoms with van der Waals surface area (Å²) in [6.07, 6.45) is 7.87. The smallest absolute Gasteiger partial charge is 0.0576 e. The van der Waals surface area contributed by atoms with Crippen molar-refractivity contribution < 1.29 is 0 Å². The van der Waals surface area contributed by atoms with Gasteiger partial charge in [0.25, 0.3) is 0 Å². The van der Waals surface area contributed by atoms with Crippen LogP contribution in [-0.4, -0.2) is 37.1 Å². The number of hydrogen-bond acceptors (Lipinski definition) is 2. The molecule has 3 atom stereocenters. The molecule has 2 bridgehead atoms. The van der Waals surface area contributed by atoms with E-state index in [4.69, 9.17) is 6.42 Å². The topological polar surface area (TPSA) is 15.3 Å². The highest BCUT2D eigenvalue weighted by Gasteiger charge is 2.33. The third-order valence-corrected chi connectivity index (χ3v) is 3.10. The number of hydrogen-bond donors (Lipinski definition) is 1. The summed E-state index contributed by atoms with van der Waals surface area (Å²) in [5, 5.41) is 3.44. The average molecular weight is 164 g/mol. The Morgan fingerprint density at radius 3 is 3.08 bits per heavy atom. The second kappa shape index (κ2) is 3.47. The van der Waals surface area contributed by atoms with E-state index in [1.165, 1.54) is 32.5 Å². The van der Waals surface area contributed by atoms with E-state index in [2.05, 4.69) is 16.1 Å². The first-order valence-corrected chi connectivity index (χ1v) is 4.79. The quantitative estimate of drug-likeness (QED) is 0.591. The van der Waals surface area contributed by atoms with Crippen molar-refractivity contribution in [3.8, 4) is 12.3 Å². The molecule has 0 amide bonds. The van der Waals surface area contributed by atoms with Gasteiger partial charge in [-0.1, -0.05) is 5.92 Å². The Labute approximate surface area is 74.3 Å². The molecule has 2 fully saturated rings. The third-order valence-electron chi connectivity index (χ3n) is 3.10. The van der Waals surface area contributed by atoms with Gasteiger partial charge in [0.2, 0.25) is 0 Å². The summed E-state index contributed by atoms with van der Waals surface area (Å²) < 4.78 is 0. The zero-order valence-corrected chi connectivity index (χ0v) is 7.42. The van der Waals surface area contributed by atoms with Crippen LogP contribution in [0.15, 0.2) is 0 Å². The summed E-state index contributed by atoms with van der Waals surface area (Å²) in [5.41, 5.74) is 0. The predicted octanol–water partition coefficient (Wildman–Crippen LogP) is 0.303. The van der Waals surface area contributed by atoms with Crippen LogP contribution in [0.5, 0.6) is 0 Å². The fourth-order valence-corrected chi connectivity index (χ4v) is 2.41.